The molecule has 0 spiro atoms. The van der Waals surface area contributed by atoms with E-state index >= 15 is 0 Å². The van der Waals surface area contributed by atoms with Gasteiger partial charge in [-0.3, -0.25) is 4.79 Å². The van der Waals surface area contributed by atoms with Gasteiger partial charge < -0.3 is 11.1 Å². The minimum absolute atomic E-state index is 0.00528. The lowest BCUT2D eigenvalue weighted by Gasteiger charge is -2.12. The molecule has 3 heteroatoms. The fourth-order valence-corrected chi connectivity index (χ4v) is 1.29. The molecule has 0 saturated carbocycles. The summed E-state index contributed by atoms with van der Waals surface area (Å²) in [5, 5.41) is 2.83. The molecule has 0 aliphatic rings. The van der Waals surface area contributed by atoms with Gasteiger partial charge in [0.1, 0.15) is 0 Å². The molecule has 1 aromatic rings. The summed E-state index contributed by atoms with van der Waals surface area (Å²) in [4.78, 5) is 11.4. The summed E-state index contributed by atoms with van der Waals surface area (Å²) in [5.41, 5.74) is 6.99. The van der Waals surface area contributed by atoms with Crippen molar-refractivity contribution in [3.63, 3.8) is 0 Å². The van der Waals surface area contributed by atoms with Gasteiger partial charge in [-0.2, -0.15) is 0 Å². The Labute approximate surface area is 90.0 Å². The number of carbonyl (C=O) groups excluding carboxylic acids is 1. The molecule has 1 rings (SSSR count). The maximum Gasteiger partial charge on any atom is 0.246 e. The molecule has 15 heavy (non-hydrogen) atoms. The molecule has 0 fully saturated rings. The van der Waals surface area contributed by atoms with E-state index in [1.54, 1.807) is 6.92 Å². The summed E-state index contributed by atoms with van der Waals surface area (Å²) in [6.07, 6.45) is 1.39. The first-order valence-corrected chi connectivity index (χ1v) is 4.89. The van der Waals surface area contributed by atoms with Gasteiger partial charge in [-0.1, -0.05) is 30.3 Å². The fraction of sp³-hybridized carbons (Fsp3) is 0.250. The van der Waals surface area contributed by atoms with E-state index in [4.69, 9.17) is 5.73 Å². The zero-order chi connectivity index (χ0) is 11.3. The number of benzene rings is 1. The minimum Gasteiger partial charge on any atom is -0.402 e. The summed E-state index contributed by atoms with van der Waals surface area (Å²) < 4.78 is 0. The van der Waals surface area contributed by atoms with Crippen molar-refractivity contribution in [1.29, 1.82) is 0 Å². The van der Waals surface area contributed by atoms with Crippen LogP contribution in [0.3, 0.4) is 0 Å². The number of allylic oxidation sites excluding steroid dienone is 1. The highest BCUT2D eigenvalue weighted by molar-refractivity contribution is 5.88. The molecule has 80 valence electrons. The predicted molar refractivity (Wildman–Crippen MR) is 60.9 cm³/mol. The summed E-state index contributed by atoms with van der Waals surface area (Å²) in [6.45, 7) is 3.62. The summed E-state index contributed by atoms with van der Waals surface area (Å²) in [5.74, 6) is -0.161. The molecule has 3 nitrogen and oxygen atoms in total. The van der Waals surface area contributed by atoms with E-state index in [1.807, 2.05) is 37.3 Å². The molecule has 0 heterocycles. The van der Waals surface area contributed by atoms with E-state index in [2.05, 4.69) is 5.32 Å². The molecule has 0 aromatic heterocycles. The standard InChI is InChI=1S/C12H16N2O/c1-9(13)8-12(15)14-10(2)11-6-4-3-5-7-11/h3-8,10H,13H2,1-2H3,(H,14,15)/t10-/m0/s1. The van der Waals surface area contributed by atoms with Crippen LogP contribution < -0.4 is 11.1 Å². The Morgan fingerprint density at radius 2 is 2.00 bits per heavy atom. The third-order valence-electron chi connectivity index (χ3n) is 2.02. The topological polar surface area (TPSA) is 55.1 Å². The molecule has 0 aliphatic heterocycles. The Morgan fingerprint density at radius 1 is 1.40 bits per heavy atom. The van der Waals surface area contributed by atoms with Crippen molar-refractivity contribution >= 4 is 5.91 Å². The Balaban J connectivity index is 2.61. The fourth-order valence-electron chi connectivity index (χ4n) is 1.29. The Kier molecular flexibility index (Phi) is 3.92. The van der Waals surface area contributed by atoms with Crippen LogP contribution in [0.4, 0.5) is 0 Å². The van der Waals surface area contributed by atoms with E-state index in [9.17, 15) is 4.79 Å². The van der Waals surface area contributed by atoms with E-state index in [-0.39, 0.29) is 11.9 Å². The second-order valence-corrected chi connectivity index (χ2v) is 3.53. The van der Waals surface area contributed by atoms with Gasteiger partial charge in [-0.05, 0) is 19.4 Å². The van der Waals surface area contributed by atoms with Gasteiger partial charge in [0, 0.05) is 11.8 Å². The van der Waals surface area contributed by atoms with Gasteiger partial charge in [0.2, 0.25) is 5.91 Å². The van der Waals surface area contributed by atoms with Gasteiger partial charge in [-0.15, -0.1) is 0 Å². The molecular formula is C12H16N2O. The molecule has 0 aliphatic carbocycles. The van der Waals surface area contributed by atoms with Gasteiger partial charge in [0.05, 0.1) is 6.04 Å². The lowest BCUT2D eigenvalue weighted by molar-refractivity contribution is -0.117. The van der Waals surface area contributed by atoms with E-state index in [0.717, 1.165) is 5.56 Å². The maximum absolute atomic E-state index is 11.4. The van der Waals surface area contributed by atoms with Crippen molar-refractivity contribution in [1.82, 2.24) is 5.32 Å². The molecule has 1 amide bonds. The molecule has 0 saturated heterocycles. The smallest absolute Gasteiger partial charge is 0.246 e. The summed E-state index contributed by atoms with van der Waals surface area (Å²) in [7, 11) is 0. The molecule has 0 radical (unpaired) electrons. The van der Waals surface area contributed by atoms with Gasteiger partial charge >= 0.3 is 0 Å². The van der Waals surface area contributed by atoms with Crippen LogP contribution >= 0.6 is 0 Å². The molecule has 1 atom stereocenters. The molecule has 1 aromatic carbocycles. The highest BCUT2D eigenvalue weighted by Crippen LogP contribution is 2.10. The van der Waals surface area contributed by atoms with E-state index in [0.29, 0.717) is 5.70 Å². The van der Waals surface area contributed by atoms with Crippen LogP contribution in [0.25, 0.3) is 0 Å². The summed E-state index contributed by atoms with van der Waals surface area (Å²) in [6, 6.07) is 9.79. The zero-order valence-corrected chi connectivity index (χ0v) is 9.03. The van der Waals surface area contributed by atoms with Crippen LogP contribution in [0, 0.1) is 0 Å². The Morgan fingerprint density at radius 3 is 2.53 bits per heavy atom. The van der Waals surface area contributed by atoms with E-state index in [1.165, 1.54) is 6.08 Å². The van der Waals surface area contributed by atoms with Gasteiger partial charge in [0.15, 0.2) is 0 Å². The monoisotopic (exact) mass is 204 g/mol. The van der Waals surface area contributed by atoms with Crippen LogP contribution in [0.15, 0.2) is 42.1 Å². The van der Waals surface area contributed by atoms with Crippen molar-refractivity contribution in [2.24, 2.45) is 5.73 Å². The number of nitrogens with two attached hydrogens (primary N) is 1. The predicted octanol–water partition coefficient (Wildman–Crippen LogP) is 1.73. The maximum atomic E-state index is 11.4. The lowest BCUT2D eigenvalue weighted by Crippen LogP contribution is -2.25. The number of amides is 1. The van der Waals surface area contributed by atoms with Crippen molar-refractivity contribution in [3.05, 3.63) is 47.7 Å². The number of nitrogens with one attached hydrogen (secondary N) is 1. The number of rotatable bonds is 3. The summed E-state index contributed by atoms with van der Waals surface area (Å²) >= 11 is 0. The second-order valence-electron chi connectivity index (χ2n) is 3.53. The molecular weight excluding hydrogens is 188 g/mol. The zero-order valence-electron chi connectivity index (χ0n) is 9.03. The molecule has 3 N–H and O–H groups in total. The normalized spacial score (nSPS) is 13.3. The van der Waals surface area contributed by atoms with Crippen LogP contribution in [0.2, 0.25) is 0 Å². The number of carbonyl (C=O) groups is 1. The molecule has 0 bridgehead atoms. The quantitative estimate of drug-likeness (QED) is 0.737. The van der Waals surface area contributed by atoms with E-state index < -0.39 is 0 Å². The van der Waals surface area contributed by atoms with Crippen molar-refractivity contribution in [3.8, 4) is 0 Å². The number of hydrogen-bond acceptors (Lipinski definition) is 2. The van der Waals surface area contributed by atoms with Crippen molar-refractivity contribution in [2.45, 2.75) is 19.9 Å². The first-order chi connectivity index (χ1) is 7.09. The third kappa shape index (κ3) is 3.85. The van der Waals surface area contributed by atoms with Crippen LogP contribution in [-0.2, 0) is 4.79 Å². The van der Waals surface area contributed by atoms with Crippen LogP contribution in [-0.4, -0.2) is 5.91 Å². The minimum atomic E-state index is -0.161. The Hall–Kier alpha value is -1.77. The van der Waals surface area contributed by atoms with Crippen LogP contribution in [0.1, 0.15) is 25.5 Å². The van der Waals surface area contributed by atoms with Crippen molar-refractivity contribution < 1.29 is 4.79 Å². The first kappa shape index (κ1) is 11.3. The average molecular weight is 204 g/mol. The first-order valence-electron chi connectivity index (χ1n) is 4.89. The second kappa shape index (κ2) is 5.20. The highest BCUT2D eigenvalue weighted by Gasteiger charge is 2.06. The van der Waals surface area contributed by atoms with Crippen LogP contribution in [0.5, 0.6) is 0 Å². The largest absolute Gasteiger partial charge is 0.402 e. The SMILES string of the molecule is CC(N)=CC(=O)N[C@@H](C)c1ccccc1. The Bertz CT molecular complexity index is 353. The average Bonchev–Trinajstić information content (AvgIpc) is 2.17. The van der Waals surface area contributed by atoms with Gasteiger partial charge in [-0.25, -0.2) is 0 Å². The highest BCUT2D eigenvalue weighted by atomic mass is 16.1. The molecule has 0 unspecified atom stereocenters. The van der Waals surface area contributed by atoms with Crippen molar-refractivity contribution in [2.75, 3.05) is 0 Å². The number of hydrogen-bond donors (Lipinski definition) is 2. The van der Waals surface area contributed by atoms with Gasteiger partial charge in [0.25, 0.3) is 0 Å². The third-order valence-corrected chi connectivity index (χ3v) is 2.02. The lowest BCUT2D eigenvalue weighted by atomic mass is 10.1.